The fourth-order valence-electron chi connectivity index (χ4n) is 2.96. The monoisotopic (exact) mass is 392 g/mol. The van der Waals surface area contributed by atoms with Gasteiger partial charge in [-0.05, 0) is 35.7 Å². The number of aryl methyl sites for hydroxylation is 1. The van der Waals surface area contributed by atoms with Gasteiger partial charge >= 0.3 is 0 Å². The van der Waals surface area contributed by atoms with Crippen molar-refractivity contribution in [2.24, 2.45) is 0 Å². The molecule has 0 heterocycles. The SMILES string of the molecule is Cc1cccc(COc2cc(COCc3ccccc3)cc(OCCCO)c2)c1. The lowest BCUT2D eigenvalue weighted by molar-refractivity contribution is 0.106. The van der Waals surface area contributed by atoms with E-state index in [2.05, 4.69) is 25.1 Å². The van der Waals surface area contributed by atoms with Crippen molar-refractivity contribution in [3.05, 3.63) is 95.1 Å². The van der Waals surface area contributed by atoms with Crippen molar-refractivity contribution in [2.45, 2.75) is 33.2 Å². The average Bonchev–Trinajstić information content (AvgIpc) is 2.73. The summed E-state index contributed by atoms with van der Waals surface area (Å²) in [6.07, 6.45) is 0.591. The van der Waals surface area contributed by atoms with Crippen molar-refractivity contribution in [3.63, 3.8) is 0 Å². The Morgan fingerprint density at radius 2 is 1.41 bits per heavy atom. The molecule has 0 bridgehead atoms. The van der Waals surface area contributed by atoms with E-state index in [0.717, 1.165) is 28.2 Å². The number of hydrogen-bond acceptors (Lipinski definition) is 4. The van der Waals surface area contributed by atoms with E-state index in [1.807, 2.05) is 54.6 Å². The number of aliphatic hydroxyl groups is 1. The maximum absolute atomic E-state index is 8.99. The summed E-state index contributed by atoms with van der Waals surface area (Å²) >= 11 is 0. The van der Waals surface area contributed by atoms with Crippen LogP contribution in [-0.4, -0.2) is 18.3 Å². The smallest absolute Gasteiger partial charge is 0.123 e. The molecule has 152 valence electrons. The summed E-state index contributed by atoms with van der Waals surface area (Å²) in [5.41, 5.74) is 4.46. The molecular weight excluding hydrogens is 364 g/mol. The van der Waals surface area contributed by atoms with Gasteiger partial charge in [-0.25, -0.2) is 0 Å². The second-order valence-corrected chi connectivity index (χ2v) is 6.99. The van der Waals surface area contributed by atoms with Crippen LogP contribution in [0.1, 0.15) is 28.7 Å². The Balaban J connectivity index is 1.65. The molecule has 29 heavy (non-hydrogen) atoms. The molecule has 0 spiro atoms. The quantitative estimate of drug-likeness (QED) is 0.464. The van der Waals surface area contributed by atoms with Gasteiger partial charge in [0.1, 0.15) is 18.1 Å². The van der Waals surface area contributed by atoms with Gasteiger partial charge in [0.15, 0.2) is 0 Å². The van der Waals surface area contributed by atoms with E-state index >= 15 is 0 Å². The van der Waals surface area contributed by atoms with E-state index in [1.165, 1.54) is 5.56 Å². The van der Waals surface area contributed by atoms with Crippen LogP contribution < -0.4 is 9.47 Å². The van der Waals surface area contributed by atoms with E-state index in [1.54, 1.807) is 0 Å². The second-order valence-electron chi connectivity index (χ2n) is 6.99. The summed E-state index contributed by atoms with van der Waals surface area (Å²) in [6, 6.07) is 24.2. The molecule has 0 aliphatic heterocycles. The van der Waals surface area contributed by atoms with Crippen molar-refractivity contribution in [1.82, 2.24) is 0 Å². The van der Waals surface area contributed by atoms with Crippen molar-refractivity contribution < 1.29 is 19.3 Å². The number of ether oxygens (including phenoxy) is 3. The summed E-state index contributed by atoms with van der Waals surface area (Å²) in [5, 5.41) is 8.99. The molecule has 0 aliphatic rings. The molecule has 0 unspecified atom stereocenters. The van der Waals surface area contributed by atoms with E-state index in [-0.39, 0.29) is 6.61 Å². The Morgan fingerprint density at radius 3 is 2.17 bits per heavy atom. The number of hydrogen-bond donors (Lipinski definition) is 1. The third kappa shape index (κ3) is 7.26. The highest BCUT2D eigenvalue weighted by atomic mass is 16.5. The van der Waals surface area contributed by atoms with Crippen molar-refractivity contribution in [3.8, 4) is 11.5 Å². The molecule has 0 saturated heterocycles. The average molecular weight is 392 g/mol. The summed E-state index contributed by atoms with van der Waals surface area (Å²) in [5.74, 6) is 1.46. The van der Waals surface area contributed by atoms with Crippen LogP contribution >= 0.6 is 0 Å². The summed E-state index contributed by atoms with van der Waals surface area (Å²) < 4.78 is 17.7. The highest BCUT2D eigenvalue weighted by Gasteiger charge is 2.06. The fraction of sp³-hybridized carbons (Fsp3) is 0.280. The van der Waals surface area contributed by atoms with Gasteiger partial charge in [-0.3, -0.25) is 0 Å². The van der Waals surface area contributed by atoms with Crippen LogP contribution in [0.3, 0.4) is 0 Å². The van der Waals surface area contributed by atoms with Gasteiger partial charge in [0.25, 0.3) is 0 Å². The van der Waals surface area contributed by atoms with Crippen LogP contribution in [0.25, 0.3) is 0 Å². The lowest BCUT2D eigenvalue weighted by atomic mass is 10.1. The number of benzene rings is 3. The molecule has 0 aromatic heterocycles. The molecule has 0 fully saturated rings. The van der Waals surface area contributed by atoms with Gasteiger partial charge in [0, 0.05) is 19.1 Å². The van der Waals surface area contributed by atoms with E-state index in [4.69, 9.17) is 19.3 Å². The van der Waals surface area contributed by atoms with Crippen LogP contribution in [0, 0.1) is 6.92 Å². The predicted octanol–water partition coefficient (Wildman–Crippen LogP) is 5.05. The van der Waals surface area contributed by atoms with Crippen LogP contribution in [0.15, 0.2) is 72.8 Å². The zero-order chi connectivity index (χ0) is 20.3. The lowest BCUT2D eigenvalue weighted by Gasteiger charge is -2.13. The highest BCUT2D eigenvalue weighted by molar-refractivity contribution is 5.38. The third-order valence-electron chi connectivity index (χ3n) is 4.38. The molecule has 0 aliphatic carbocycles. The molecule has 0 radical (unpaired) electrons. The Kier molecular flexibility index (Phi) is 8.11. The highest BCUT2D eigenvalue weighted by Crippen LogP contribution is 2.25. The Morgan fingerprint density at radius 1 is 0.690 bits per heavy atom. The van der Waals surface area contributed by atoms with Crippen LogP contribution in [0.5, 0.6) is 11.5 Å². The van der Waals surface area contributed by atoms with Crippen LogP contribution in [0.2, 0.25) is 0 Å². The topological polar surface area (TPSA) is 47.9 Å². The molecule has 4 heteroatoms. The molecule has 3 aromatic rings. The Bertz CT molecular complexity index is 877. The zero-order valence-corrected chi connectivity index (χ0v) is 16.8. The number of aliphatic hydroxyl groups excluding tert-OH is 1. The largest absolute Gasteiger partial charge is 0.493 e. The third-order valence-corrected chi connectivity index (χ3v) is 4.38. The van der Waals surface area contributed by atoms with E-state index in [9.17, 15) is 0 Å². The van der Waals surface area contributed by atoms with Crippen molar-refractivity contribution in [1.29, 1.82) is 0 Å². The molecule has 1 N–H and O–H groups in total. The first kappa shape index (κ1) is 20.9. The van der Waals surface area contributed by atoms with Crippen molar-refractivity contribution >= 4 is 0 Å². The van der Waals surface area contributed by atoms with E-state index in [0.29, 0.717) is 32.8 Å². The predicted molar refractivity (Wildman–Crippen MR) is 114 cm³/mol. The van der Waals surface area contributed by atoms with Gasteiger partial charge in [0.2, 0.25) is 0 Å². The molecule has 3 rings (SSSR count). The molecule has 0 saturated carbocycles. The molecule has 4 nitrogen and oxygen atoms in total. The molecule has 3 aromatic carbocycles. The van der Waals surface area contributed by atoms with Gasteiger partial charge in [-0.1, -0.05) is 60.2 Å². The maximum Gasteiger partial charge on any atom is 0.123 e. The zero-order valence-electron chi connectivity index (χ0n) is 16.8. The lowest BCUT2D eigenvalue weighted by Crippen LogP contribution is -2.02. The van der Waals surface area contributed by atoms with E-state index < -0.39 is 0 Å². The first-order valence-electron chi connectivity index (χ1n) is 9.90. The Hall–Kier alpha value is -2.82. The van der Waals surface area contributed by atoms with Gasteiger partial charge in [-0.15, -0.1) is 0 Å². The minimum absolute atomic E-state index is 0.108. The summed E-state index contributed by atoms with van der Waals surface area (Å²) in [4.78, 5) is 0. The summed E-state index contributed by atoms with van der Waals surface area (Å²) in [7, 11) is 0. The molecular formula is C25H28O4. The van der Waals surface area contributed by atoms with Gasteiger partial charge in [-0.2, -0.15) is 0 Å². The minimum Gasteiger partial charge on any atom is -0.493 e. The molecule has 0 amide bonds. The van der Waals surface area contributed by atoms with Gasteiger partial charge < -0.3 is 19.3 Å². The maximum atomic E-state index is 8.99. The summed E-state index contributed by atoms with van der Waals surface area (Å²) in [6.45, 7) is 4.15. The fourth-order valence-corrected chi connectivity index (χ4v) is 2.96. The van der Waals surface area contributed by atoms with Crippen LogP contribution in [-0.2, 0) is 24.6 Å². The van der Waals surface area contributed by atoms with Crippen LogP contribution in [0.4, 0.5) is 0 Å². The standard InChI is InChI=1S/C25H28O4/c1-20-7-5-10-22(13-20)19-29-25-15-23(14-24(16-25)28-12-6-11-26)18-27-17-21-8-3-2-4-9-21/h2-5,7-10,13-16,26H,6,11-12,17-19H2,1H3. The molecule has 0 atom stereocenters. The minimum atomic E-state index is 0.108. The number of rotatable bonds is 11. The normalized spacial score (nSPS) is 10.7. The second kappa shape index (κ2) is 11.2. The first-order valence-corrected chi connectivity index (χ1v) is 9.90. The van der Waals surface area contributed by atoms with Crippen molar-refractivity contribution in [2.75, 3.05) is 13.2 Å². The first-order chi connectivity index (χ1) is 14.2. The van der Waals surface area contributed by atoms with Gasteiger partial charge in [0.05, 0.1) is 19.8 Å². The Labute approximate surface area is 172 Å².